The molecule has 2 nitrogen and oxygen atoms in total. The van der Waals surface area contributed by atoms with Crippen molar-refractivity contribution in [2.45, 2.75) is 26.3 Å². The highest BCUT2D eigenvalue weighted by atomic mass is 19.3. The van der Waals surface area contributed by atoms with Crippen LogP contribution in [0.3, 0.4) is 0 Å². The first-order chi connectivity index (χ1) is 8.13. The minimum atomic E-state index is -2.41. The lowest BCUT2D eigenvalue weighted by molar-refractivity contribution is 0.00934. The fourth-order valence-electron chi connectivity index (χ4n) is 1.59. The van der Waals surface area contributed by atoms with Crippen molar-refractivity contribution in [3.63, 3.8) is 0 Å². The summed E-state index contributed by atoms with van der Waals surface area (Å²) in [6, 6.07) is 7.97. The summed E-state index contributed by atoms with van der Waals surface area (Å²) in [4.78, 5) is 0. The Morgan fingerprint density at radius 2 is 1.82 bits per heavy atom. The summed E-state index contributed by atoms with van der Waals surface area (Å²) in [5, 5.41) is 3.22. The molecule has 1 aromatic carbocycles. The van der Waals surface area contributed by atoms with Crippen LogP contribution in [0.15, 0.2) is 24.3 Å². The minimum Gasteiger partial charge on any atom is -0.374 e. The van der Waals surface area contributed by atoms with Gasteiger partial charge in [0, 0.05) is 0 Å². The van der Waals surface area contributed by atoms with Crippen molar-refractivity contribution >= 4 is 0 Å². The molecule has 0 amide bonds. The van der Waals surface area contributed by atoms with Gasteiger partial charge in [0.2, 0.25) is 0 Å². The number of ether oxygens (including phenoxy) is 1. The Hall–Kier alpha value is -1.00. The van der Waals surface area contributed by atoms with Crippen molar-refractivity contribution in [1.29, 1.82) is 0 Å². The average molecular weight is 243 g/mol. The van der Waals surface area contributed by atoms with E-state index < -0.39 is 13.0 Å². The lowest BCUT2D eigenvalue weighted by Crippen LogP contribution is -2.26. The molecule has 1 N–H and O–H groups in total. The molecule has 0 fully saturated rings. The summed E-state index contributed by atoms with van der Waals surface area (Å²) >= 11 is 0. The van der Waals surface area contributed by atoms with E-state index in [-0.39, 0.29) is 12.6 Å². The molecule has 0 aliphatic heterocycles. The normalized spacial score (nSPS) is 13.0. The Bertz CT molecular complexity index is 314. The molecule has 0 heterocycles. The van der Waals surface area contributed by atoms with Crippen LogP contribution in [-0.2, 0) is 4.74 Å². The molecule has 0 aliphatic carbocycles. The third-order valence-electron chi connectivity index (χ3n) is 2.46. The maximum atomic E-state index is 12.0. The average Bonchev–Trinajstić information content (AvgIpc) is 2.29. The van der Waals surface area contributed by atoms with Crippen molar-refractivity contribution in [2.24, 2.45) is 0 Å². The molecular formula is C13H19F2NO. The van der Waals surface area contributed by atoms with Gasteiger partial charge in [-0.2, -0.15) is 0 Å². The number of aryl methyl sites for hydroxylation is 1. The Morgan fingerprint density at radius 3 is 2.35 bits per heavy atom. The maximum Gasteiger partial charge on any atom is 0.261 e. The van der Waals surface area contributed by atoms with Crippen LogP contribution in [0.2, 0.25) is 0 Å². The van der Waals surface area contributed by atoms with Crippen molar-refractivity contribution in [2.75, 3.05) is 19.8 Å². The van der Waals surface area contributed by atoms with Gasteiger partial charge in [-0.15, -0.1) is 0 Å². The van der Waals surface area contributed by atoms with E-state index >= 15 is 0 Å². The molecule has 1 aromatic rings. The Labute approximate surface area is 101 Å². The summed E-state index contributed by atoms with van der Waals surface area (Å²) in [5.41, 5.74) is 2.24. The Kier molecular flexibility index (Phi) is 6.08. The summed E-state index contributed by atoms with van der Waals surface area (Å²) in [5.74, 6) is 0. The molecule has 4 heteroatoms. The van der Waals surface area contributed by atoms with Gasteiger partial charge in [0.15, 0.2) is 0 Å². The number of alkyl halides is 2. The van der Waals surface area contributed by atoms with Gasteiger partial charge >= 0.3 is 0 Å². The van der Waals surface area contributed by atoms with Crippen LogP contribution in [0, 0.1) is 6.92 Å². The van der Waals surface area contributed by atoms with Crippen LogP contribution >= 0.6 is 0 Å². The van der Waals surface area contributed by atoms with Crippen molar-refractivity contribution < 1.29 is 13.5 Å². The van der Waals surface area contributed by atoms with Crippen LogP contribution in [0.4, 0.5) is 8.78 Å². The lowest BCUT2D eigenvalue weighted by Gasteiger charge is -2.18. The number of likely N-dealkylation sites (N-methyl/N-ethyl adjacent to an activating group) is 1. The van der Waals surface area contributed by atoms with Crippen molar-refractivity contribution in [1.82, 2.24) is 5.32 Å². The highest BCUT2D eigenvalue weighted by Crippen LogP contribution is 2.14. The van der Waals surface area contributed by atoms with E-state index in [4.69, 9.17) is 4.74 Å². The summed E-state index contributed by atoms with van der Waals surface area (Å²) in [7, 11) is 0. The first-order valence-corrected chi connectivity index (χ1v) is 5.79. The number of halogens is 2. The van der Waals surface area contributed by atoms with Gasteiger partial charge in [0.25, 0.3) is 6.43 Å². The summed E-state index contributed by atoms with van der Waals surface area (Å²) < 4.78 is 28.9. The van der Waals surface area contributed by atoms with Crippen LogP contribution in [0.1, 0.15) is 24.1 Å². The topological polar surface area (TPSA) is 21.3 Å². The van der Waals surface area contributed by atoms with Crippen LogP contribution < -0.4 is 5.32 Å². The van der Waals surface area contributed by atoms with Crippen LogP contribution in [-0.4, -0.2) is 26.2 Å². The molecule has 1 rings (SSSR count). The lowest BCUT2D eigenvalue weighted by atomic mass is 10.1. The van der Waals surface area contributed by atoms with Gasteiger partial charge < -0.3 is 10.1 Å². The zero-order valence-corrected chi connectivity index (χ0v) is 10.2. The molecule has 0 saturated carbocycles. The van der Waals surface area contributed by atoms with Gasteiger partial charge in [-0.3, -0.25) is 0 Å². The van der Waals surface area contributed by atoms with E-state index in [1.165, 1.54) is 5.56 Å². The molecule has 0 aliphatic rings. The Balaban J connectivity index is 2.55. The molecule has 0 saturated heterocycles. The standard InChI is InChI=1S/C13H19F2NO/c1-3-16-12(8-17-9-13(14)15)11-6-4-10(2)5-7-11/h4-7,12-13,16H,3,8-9H2,1-2H3. The molecule has 96 valence electrons. The van der Waals surface area contributed by atoms with E-state index in [0.29, 0.717) is 0 Å². The number of hydrogen-bond acceptors (Lipinski definition) is 2. The zero-order chi connectivity index (χ0) is 12.7. The number of benzene rings is 1. The van der Waals surface area contributed by atoms with Gasteiger partial charge in [0.1, 0.15) is 6.61 Å². The zero-order valence-electron chi connectivity index (χ0n) is 10.2. The second kappa shape index (κ2) is 7.35. The third kappa shape index (κ3) is 5.24. The van der Waals surface area contributed by atoms with Crippen LogP contribution in [0.5, 0.6) is 0 Å². The summed E-state index contributed by atoms with van der Waals surface area (Å²) in [6.45, 7) is 4.53. The number of hydrogen-bond donors (Lipinski definition) is 1. The molecule has 0 aromatic heterocycles. The second-order valence-corrected chi connectivity index (χ2v) is 3.95. The molecule has 0 radical (unpaired) electrons. The number of nitrogens with one attached hydrogen (secondary N) is 1. The molecule has 0 bridgehead atoms. The molecule has 17 heavy (non-hydrogen) atoms. The third-order valence-corrected chi connectivity index (χ3v) is 2.46. The fourth-order valence-corrected chi connectivity index (χ4v) is 1.59. The van der Waals surface area contributed by atoms with Gasteiger partial charge in [-0.1, -0.05) is 36.8 Å². The highest BCUT2D eigenvalue weighted by Gasteiger charge is 2.11. The van der Waals surface area contributed by atoms with Crippen molar-refractivity contribution in [3.8, 4) is 0 Å². The second-order valence-electron chi connectivity index (χ2n) is 3.95. The summed E-state index contributed by atoms with van der Waals surface area (Å²) in [6.07, 6.45) is -2.41. The van der Waals surface area contributed by atoms with E-state index in [2.05, 4.69) is 5.32 Å². The van der Waals surface area contributed by atoms with Gasteiger partial charge in [-0.25, -0.2) is 8.78 Å². The molecular weight excluding hydrogens is 224 g/mol. The van der Waals surface area contributed by atoms with E-state index in [9.17, 15) is 8.78 Å². The predicted octanol–water partition coefficient (Wildman–Crippen LogP) is 2.93. The fraction of sp³-hybridized carbons (Fsp3) is 0.538. The van der Waals surface area contributed by atoms with E-state index in [1.807, 2.05) is 38.1 Å². The smallest absolute Gasteiger partial charge is 0.261 e. The largest absolute Gasteiger partial charge is 0.374 e. The molecule has 0 spiro atoms. The van der Waals surface area contributed by atoms with Gasteiger partial charge in [0.05, 0.1) is 12.6 Å². The Morgan fingerprint density at radius 1 is 1.18 bits per heavy atom. The molecule has 1 atom stereocenters. The predicted molar refractivity (Wildman–Crippen MR) is 64.4 cm³/mol. The maximum absolute atomic E-state index is 12.0. The molecule has 1 unspecified atom stereocenters. The van der Waals surface area contributed by atoms with Crippen LogP contribution in [0.25, 0.3) is 0 Å². The first kappa shape index (κ1) is 14.1. The quantitative estimate of drug-likeness (QED) is 0.795. The van der Waals surface area contributed by atoms with Crippen molar-refractivity contribution in [3.05, 3.63) is 35.4 Å². The highest BCUT2D eigenvalue weighted by molar-refractivity contribution is 5.24. The SMILES string of the molecule is CCNC(COCC(F)F)c1ccc(C)cc1. The minimum absolute atomic E-state index is 0.0284. The van der Waals surface area contributed by atoms with E-state index in [0.717, 1.165) is 12.1 Å². The van der Waals surface area contributed by atoms with Gasteiger partial charge in [-0.05, 0) is 19.0 Å². The van der Waals surface area contributed by atoms with E-state index in [1.54, 1.807) is 0 Å². The first-order valence-electron chi connectivity index (χ1n) is 5.79. The number of rotatable bonds is 7. The monoisotopic (exact) mass is 243 g/mol.